The molecule has 1 aromatic heterocycles. The number of rotatable bonds is 3. The molecule has 5 heteroatoms. The largest absolute Gasteiger partial charge is 0.322 e. The van der Waals surface area contributed by atoms with Gasteiger partial charge in [0.05, 0.1) is 12.2 Å². The van der Waals surface area contributed by atoms with E-state index in [-0.39, 0.29) is 17.9 Å². The van der Waals surface area contributed by atoms with Crippen LogP contribution in [0, 0.1) is 12.7 Å². The van der Waals surface area contributed by atoms with Crippen molar-refractivity contribution in [3.8, 4) is 0 Å². The molecule has 94 valence electrons. The van der Waals surface area contributed by atoms with Crippen molar-refractivity contribution >= 4 is 0 Å². The zero-order valence-electron chi connectivity index (χ0n) is 10.0. The van der Waals surface area contributed by atoms with Crippen molar-refractivity contribution in [2.75, 3.05) is 0 Å². The summed E-state index contributed by atoms with van der Waals surface area (Å²) in [5, 5.41) is 4.11. The lowest BCUT2D eigenvalue weighted by molar-refractivity contribution is 0.498. The second kappa shape index (κ2) is 5.10. The maximum atomic E-state index is 12.8. The predicted molar refractivity (Wildman–Crippen MR) is 66.6 cm³/mol. The molecule has 18 heavy (non-hydrogen) atoms. The molecule has 0 radical (unpaired) electrons. The highest BCUT2D eigenvalue weighted by atomic mass is 19.1. The van der Waals surface area contributed by atoms with Crippen molar-refractivity contribution in [3.63, 3.8) is 0 Å². The lowest BCUT2D eigenvalue weighted by Crippen LogP contribution is -2.28. The number of aromatic nitrogens is 2. The van der Waals surface area contributed by atoms with Gasteiger partial charge < -0.3 is 5.73 Å². The molecule has 1 unspecified atom stereocenters. The summed E-state index contributed by atoms with van der Waals surface area (Å²) in [7, 11) is 0. The Hall–Kier alpha value is -2.01. The molecule has 0 aliphatic carbocycles. The molecular weight excluding hydrogens is 233 g/mol. The first-order valence-corrected chi connectivity index (χ1v) is 5.62. The van der Waals surface area contributed by atoms with Gasteiger partial charge >= 0.3 is 0 Å². The Morgan fingerprint density at radius 2 is 1.94 bits per heavy atom. The molecule has 0 aliphatic rings. The predicted octanol–water partition coefficient (Wildman–Crippen LogP) is 1.39. The maximum absolute atomic E-state index is 12.8. The fourth-order valence-electron chi connectivity index (χ4n) is 1.68. The van der Waals surface area contributed by atoms with E-state index in [4.69, 9.17) is 5.73 Å². The Balaban J connectivity index is 2.21. The van der Waals surface area contributed by atoms with E-state index < -0.39 is 6.04 Å². The summed E-state index contributed by atoms with van der Waals surface area (Å²) in [6, 6.07) is 8.64. The number of halogens is 1. The number of hydrogen-bond acceptors (Lipinski definition) is 3. The summed E-state index contributed by atoms with van der Waals surface area (Å²) in [4.78, 5) is 11.6. The van der Waals surface area contributed by atoms with Gasteiger partial charge in [-0.2, -0.15) is 5.10 Å². The average Bonchev–Trinajstić information content (AvgIpc) is 2.34. The molecule has 2 aromatic rings. The van der Waals surface area contributed by atoms with Crippen LogP contribution < -0.4 is 11.3 Å². The van der Waals surface area contributed by atoms with Gasteiger partial charge in [0.15, 0.2) is 0 Å². The van der Waals surface area contributed by atoms with E-state index in [1.165, 1.54) is 22.9 Å². The van der Waals surface area contributed by atoms with Crippen LogP contribution in [0.1, 0.15) is 17.3 Å². The molecule has 0 spiro atoms. The Morgan fingerprint density at radius 3 is 2.61 bits per heavy atom. The molecule has 0 bridgehead atoms. The smallest absolute Gasteiger partial charge is 0.266 e. The SMILES string of the molecule is Cc1ccc(=O)n(CC(N)c2ccc(F)cc2)n1. The van der Waals surface area contributed by atoms with Crippen LogP contribution in [-0.2, 0) is 6.54 Å². The Labute approximate surface area is 104 Å². The quantitative estimate of drug-likeness (QED) is 0.891. The molecule has 4 nitrogen and oxygen atoms in total. The summed E-state index contributed by atoms with van der Waals surface area (Å²) in [5.41, 5.74) is 7.30. The monoisotopic (exact) mass is 247 g/mol. The summed E-state index contributed by atoms with van der Waals surface area (Å²) >= 11 is 0. The minimum absolute atomic E-state index is 0.196. The van der Waals surface area contributed by atoms with Crippen LogP contribution in [0.25, 0.3) is 0 Å². The molecule has 0 amide bonds. The van der Waals surface area contributed by atoms with Crippen LogP contribution in [0.4, 0.5) is 4.39 Å². The van der Waals surface area contributed by atoms with E-state index in [2.05, 4.69) is 5.10 Å². The van der Waals surface area contributed by atoms with E-state index in [1.807, 2.05) is 0 Å². The van der Waals surface area contributed by atoms with E-state index in [9.17, 15) is 9.18 Å². The summed E-state index contributed by atoms with van der Waals surface area (Å²) in [6.07, 6.45) is 0. The van der Waals surface area contributed by atoms with Crippen molar-refractivity contribution in [2.45, 2.75) is 19.5 Å². The van der Waals surface area contributed by atoms with E-state index in [1.54, 1.807) is 25.1 Å². The van der Waals surface area contributed by atoms with Gasteiger partial charge in [0, 0.05) is 12.1 Å². The van der Waals surface area contributed by atoms with Gasteiger partial charge in [0.2, 0.25) is 0 Å². The fourth-order valence-corrected chi connectivity index (χ4v) is 1.68. The molecule has 2 N–H and O–H groups in total. The topological polar surface area (TPSA) is 60.9 Å². The highest BCUT2D eigenvalue weighted by Gasteiger charge is 2.09. The van der Waals surface area contributed by atoms with Crippen molar-refractivity contribution in [1.29, 1.82) is 0 Å². The second-order valence-corrected chi connectivity index (χ2v) is 4.15. The minimum Gasteiger partial charge on any atom is -0.322 e. The molecule has 1 heterocycles. The second-order valence-electron chi connectivity index (χ2n) is 4.15. The third-order valence-corrected chi connectivity index (χ3v) is 2.67. The van der Waals surface area contributed by atoms with Crippen LogP contribution in [0.5, 0.6) is 0 Å². The standard InChI is InChI=1S/C13H14FN3O/c1-9-2-7-13(18)17(16-9)8-12(15)10-3-5-11(14)6-4-10/h2-7,12H,8,15H2,1H3. The third-order valence-electron chi connectivity index (χ3n) is 2.67. The molecule has 0 aliphatic heterocycles. The Morgan fingerprint density at radius 1 is 1.28 bits per heavy atom. The maximum Gasteiger partial charge on any atom is 0.266 e. The van der Waals surface area contributed by atoms with Crippen molar-refractivity contribution in [3.05, 3.63) is 63.8 Å². The van der Waals surface area contributed by atoms with E-state index >= 15 is 0 Å². The Bertz CT molecular complexity index is 592. The summed E-state index contributed by atoms with van der Waals surface area (Å²) < 4.78 is 14.1. The highest BCUT2D eigenvalue weighted by molar-refractivity contribution is 5.19. The van der Waals surface area contributed by atoms with Crippen LogP contribution in [-0.4, -0.2) is 9.78 Å². The van der Waals surface area contributed by atoms with Crippen LogP contribution >= 0.6 is 0 Å². The van der Waals surface area contributed by atoms with Gasteiger partial charge in [0.25, 0.3) is 5.56 Å². The average molecular weight is 247 g/mol. The fraction of sp³-hybridized carbons (Fsp3) is 0.231. The molecule has 0 fully saturated rings. The molecule has 0 saturated carbocycles. The first-order valence-electron chi connectivity index (χ1n) is 5.62. The zero-order valence-corrected chi connectivity index (χ0v) is 10.0. The van der Waals surface area contributed by atoms with E-state index in [0.29, 0.717) is 0 Å². The minimum atomic E-state index is -0.391. The number of hydrogen-bond donors (Lipinski definition) is 1. The molecule has 1 atom stereocenters. The third kappa shape index (κ3) is 2.81. The van der Waals surface area contributed by atoms with Crippen molar-refractivity contribution in [2.24, 2.45) is 5.73 Å². The lowest BCUT2D eigenvalue weighted by Gasteiger charge is -2.13. The number of nitrogens with two attached hydrogens (primary N) is 1. The number of nitrogens with zero attached hydrogens (tertiary/aromatic N) is 2. The normalized spacial score (nSPS) is 12.4. The summed E-state index contributed by atoms with van der Waals surface area (Å²) in [5.74, 6) is -0.309. The van der Waals surface area contributed by atoms with Crippen LogP contribution in [0.15, 0.2) is 41.2 Å². The molecule has 2 rings (SSSR count). The van der Waals surface area contributed by atoms with Gasteiger partial charge in [0.1, 0.15) is 5.82 Å². The molecule has 1 aromatic carbocycles. The van der Waals surface area contributed by atoms with Crippen LogP contribution in [0.2, 0.25) is 0 Å². The number of aryl methyl sites for hydroxylation is 1. The first kappa shape index (κ1) is 12.4. The van der Waals surface area contributed by atoms with Gasteiger partial charge in [-0.3, -0.25) is 4.79 Å². The van der Waals surface area contributed by atoms with Crippen molar-refractivity contribution < 1.29 is 4.39 Å². The van der Waals surface area contributed by atoms with Gasteiger partial charge in [-0.05, 0) is 30.7 Å². The highest BCUT2D eigenvalue weighted by Crippen LogP contribution is 2.12. The molecular formula is C13H14FN3O. The summed E-state index contributed by atoms with van der Waals surface area (Å²) in [6.45, 7) is 2.07. The van der Waals surface area contributed by atoms with Gasteiger partial charge in [-0.1, -0.05) is 12.1 Å². The lowest BCUT2D eigenvalue weighted by atomic mass is 10.1. The molecule has 0 saturated heterocycles. The van der Waals surface area contributed by atoms with Crippen molar-refractivity contribution in [1.82, 2.24) is 9.78 Å². The number of benzene rings is 1. The van der Waals surface area contributed by atoms with Crippen LogP contribution in [0.3, 0.4) is 0 Å². The first-order chi connectivity index (χ1) is 8.56. The van der Waals surface area contributed by atoms with Gasteiger partial charge in [-0.25, -0.2) is 9.07 Å². The van der Waals surface area contributed by atoms with E-state index in [0.717, 1.165) is 11.3 Å². The van der Waals surface area contributed by atoms with Gasteiger partial charge in [-0.15, -0.1) is 0 Å². The zero-order chi connectivity index (χ0) is 13.1. The Kier molecular flexibility index (Phi) is 3.53.